The quantitative estimate of drug-likeness (QED) is 0.241. The molecule has 1 nitrogen and oxygen atoms in total. The van der Waals surface area contributed by atoms with Crippen LogP contribution in [-0.2, 0) is 4.57 Å². The van der Waals surface area contributed by atoms with Crippen LogP contribution in [0.25, 0.3) is 32.2 Å². The number of thiophene rings is 2. The van der Waals surface area contributed by atoms with Crippen molar-refractivity contribution >= 4 is 67.3 Å². The average Bonchev–Trinajstić information content (AvgIpc) is 3.62. The molecule has 0 amide bonds. The summed E-state index contributed by atoms with van der Waals surface area (Å²) in [5.41, 5.74) is 2.06. The van der Waals surface area contributed by atoms with Crippen molar-refractivity contribution in [1.29, 1.82) is 0 Å². The molecule has 0 radical (unpaired) electrons. The molecule has 0 unspecified atom stereocenters. The van der Waals surface area contributed by atoms with Gasteiger partial charge in [-0.25, -0.2) is 0 Å². The minimum atomic E-state index is -3.19. The van der Waals surface area contributed by atoms with Crippen molar-refractivity contribution in [2.75, 3.05) is 0 Å². The summed E-state index contributed by atoms with van der Waals surface area (Å²) in [5, 5.41) is 18.9. The number of rotatable bonds is 3. The second-order valence-electron chi connectivity index (χ2n) is 8.52. The summed E-state index contributed by atoms with van der Waals surface area (Å²) in [4.78, 5) is 0. The fourth-order valence-corrected chi connectivity index (χ4v) is 10.5. The van der Waals surface area contributed by atoms with Crippen molar-refractivity contribution in [3.8, 4) is 0 Å². The Morgan fingerprint density at radius 1 is 0.471 bits per heavy atom. The molecule has 0 bridgehead atoms. The Hall–Kier alpha value is -3.23. The first kappa shape index (κ1) is 20.2. The highest BCUT2D eigenvalue weighted by molar-refractivity contribution is 7.90. The molecule has 0 spiro atoms. The zero-order chi connectivity index (χ0) is 22.7. The fraction of sp³-hybridized carbons (Fsp3) is 0. The summed E-state index contributed by atoms with van der Waals surface area (Å²) in [5.74, 6) is 0. The summed E-state index contributed by atoms with van der Waals surface area (Å²) >= 11 is 3.44. The van der Waals surface area contributed by atoms with Gasteiger partial charge < -0.3 is 4.57 Å². The van der Waals surface area contributed by atoms with Crippen LogP contribution in [0.4, 0.5) is 0 Å². The summed E-state index contributed by atoms with van der Waals surface area (Å²) in [7, 11) is -3.19. The molecule has 2 aromatic heterocycles. The molecular formula is C30H19OPS2. The van der Waals surface area contributed by atoms with Gasteiger partial charge in [0.05, 0.1) is 0 Å². The molecule has 34 heavy (non-hydrogen) atoms. The van der Waals surface area contributed by atoms with E-state index in [1.807, 2.05) is 66.7 Å². The van der Waals surface area contributed by atoms with Crippen LogP contribution in [0.3, 0.4) is 0 Å². The van der Waals surface area contributed by atoms with Crippen molar-refractivity contribution in [3.05, 3.63) is 134 Å². The summed E-state index contributed by atoms with van der Waals surface area (Å²) in [6.45, 7) is 0. The van der Waals surface area contributed by atoms with Gasteiger partial charge in [-0.3, -0.25) is 0 Å². The lowest BCUT2D eigenvalue weighted by atomic mass is 10.0. The van der Waals surface area contributed by atoms with E-state index in [-0.39, 0.29) is 0 Å². The second kappa shape index (κ2) is 7.65. The van der Waals surface area contributed by atoms with Gasteiger partial charge in [0.15, 0.2) is 7.14 Å². The minimum absolute atomic E-state index is 0.885. The lowest BCUT2D eigenvalue weighted by Gasteiger charge is -2.22. The van der Waals surface area contributed by atoms with Crippen LogP contribution >= 0.6 is 29.8 Å². The van der Waals surface area contributed by atoms with E-state index in [2.05, 4.69) is 45.8 Å². The lowest BCUT2D eigenvalue weighted by Crippen LogP contribution is -2.26. The molecule has 1 aliphatic rings. The van der Waals surface area contributed by atoms with Gasteiger partial charge in [-0.1, -0.05) is 91.0 Å². The third-order valence-corrected chi connectivity index (χ3v) is 11.5. The van der Waals surface area contributed by atoms with Crippen LogP contribution in [0.1, 0.15) is 11.1 Å². The largest absolute Gasteiger partial charge is 0.309 e. The van der Waals surface area contributed by atoms with E-state index >= 15 is 4.57 Å². The lowest BCUT2D eigenvalue weighted by molar-refractivity contribution is 0.593. The van der Waals surface area contributed by atoms with Gasteiger partial charge in [-0.15, -0.1) is 0 Å². The molecule has 162 valence electrons. The monoisotopic (exact) mass is 490 g/mol. The van der Waals surface area contributed by atoms with Gasteiger partial charge in [0.1, 0.15) is 0 Å². The Labute approximate surface area is 205 Å². The van der Waals surface area contributed by atoms with Gasteiger partial charge in [0, 0.05) is 47.9 Å². The SMILES string of the molecule is O=P1(c2ccccc2)C(c2ccccc2)=c2c(c3cscc3c3cscc23)=C1c1ccccc1. The standard InChI is InChI=1S/C30H19OPS2/c31-32(22-14-8-3-9-15-22)29(20-10-4-1-5-11-20)27-25-18-33-16-23(25)24-17-34-19-26(24)28(27)30(32)21-12-6-2-7-13-21/h1-19H. The van der Waals surface area contributed by atoms with E-state index in [4.69, 9.17) is 0 Å². The molecule has 0 saturated carbocycles. The minimum Gasteiger partial charge on any atom is -0.309 e. The molecule has 0 aliphatic carbocycles. The number of hydrogen-bond donors (Lipinski definition) is 0. The van der Waals surface area contributed by atoms with Crippen LogP contribution < -0.4 is 15.7 Å². The van der Waals surface area contributed by atoms with E-state index in [1.165, 1.54) is 21.5 Å². The Morgan fingerprint density at radius 2 is 0.853 bits per heavy atom. The molecule has 0 atom stereocenters. The Kier molecular flexibility index (Phi) is 4.54. The molecule has 0 N–H and O–H groups in total. The predicted octanol–water partition coefficient (Wildman–Crippen LogP) is 7.13. The number of hydrogen-bond acceptors (Lipinski definition) is 3. The molecule has 3 heterocycles. The normalized spacial score (nSPS) is 14.7. The maximum Gasteiger partial charge on any atom is 0.173 e. The topological polar surface area (TPSA) is 17.1 Å². The molecule has 6 aromatic rings. The molecule has 4 aromatic carbocycles. The van der Waals surface area contributed by atoms with Crippen LogP contribution in [0.15, 0.2) is 113 Å². The predicted molar refractivity (Wildman–Crippen MR) is 148 cm³/mol. The van der Waals surface area contributed by atoms with Crippen LogP contribution in [0.5, 0.6) is 0 Å². The summed E-state index contributed by atoms with van der Waals surface area (Å²) in [6.07, 6.45) is 0. The van der Waals surface area contributed by atoms with E-state index in [9.17, 15) is 0 Å². The van der Waals surface area contributed by atoms with Gasteiger partial charge in [-0.05, 0) is 32.6 Å². The van der Waals surface area contributed by atoms with Gasteiger partial charge >= 0.3 is 0 Å². The maximum absolute atomic E-state index is 15.8. The van der Waals surface area contributed by atoms with E-state index in [0.717, 1.165) is 37.5 Å². The first-order valence-corrected chi connectivity index (χ1v) is 14.8. The van der Waals surface area contributed by atoms with Gasteiger partial charge in [-0.2, -0.15) is 22.7 Å². The van der Waals surface area contributed by atoms with E-state index in [0.29, 0.717) is 0 Å². The highest BCUT2D eigenvalue weighted by atomic mass is 32.1. The average molecular weight is 491 g/mol. The van der Waals surface area contributed by atoms with Crippen molar-refractivity contribution < 1.29 is 4.57 Å². The first-order valence-electron chi connectivity index (χ1n) is 11.2. The summed E-state index contributed by atoms with van der Waals surface area (Å²) < 4.78 is 15.8. The van der Waals surface area contributed by atoms with Crippen molar-refractivity contribution in [2.24, 2.45) is 0 Å². The smallest absolute Gasteiger partial charge is 0.173 e. The molecule has 1 aliphatic heterocycles. The molecule has 7 rings (SSSR count). The third kappa shape index (κ3) is 2.69. The zero-order valence-corrected chi connectivity index (χ0v) is 20.7. The summed E-state index contributed by atoms with van der Waals surface area (Å²) in [6, 6.07) is 30.8. The molecule has 4 heteroatoms. The Balaban J connectivity index is 1.84. The molecule has 0 saturated heterocycles. The Morgan fingerprint density at radius 3 is 1.29 bits per heavy atom. The van der Waals surface area contributed by atoms with Crippen LogP contribution in [0.2, 0.25) is 0 Å². The highest BCUT2D eigenvalue weighted by Gasteiger charge is 2.41. The van der Waals surface area contributed by atoms with Crippen LogP contribution in [-0.4, -0.2) is 0 Å². The van der Waals surface area contributed by atoms with Crippen LogP contribution in [0, 0.1) is 0 Å². The first-order chi connectivity index (χ1) is 16.8. The van der Waals surface area contributed by atoms with Gasteiger partial charge in [0.25, 0.3) is 0 Å². The maximum atomic E-state index is 15.8. The van der Waals surface area contributed by atoms with Crippen molar-refractivity contribution in [1.82, 2.24) is 0 Å². The number of fused-ring (bicyclic) bond motifs is 6. The van der Waals surface area contributed by atoms with Crippen molar-refractivity contribution in [2.45, 2.75) is 0 Å². The van der Waals surface area contributed by atoms with Gasteiger partial charge in [0.2, 0.25) is 0 Å². The molecule has 0 fully saturated rings. The fourth-order valence-electron chi connectivity index (χ4n) is 5.33. The zero-order valence-electron chi connectivity index (χ0n) is 18.1. The highest BCUT2D eigenvalue weighted by Crippen LogP contribution is 2.66. The Bertz CT molecular complexity index is 1750. The van der Waals surface area contributed by atoms with E-state index in [1.54, 1.807) is 22.7 Å². The molecular weight excluding hydrogens is 471 g/mol. The third-order valence-electron chi connectivity index (χ3n) is 6.72. The number of benzene rings is 4. The van der Waals surface area contributed by atoms with E-state index < -0.39 is 7.14 Å². The van der Waals surface area contributed by atoms with Crippen molar-refractivity contribution in [3.63, 3.8) is 0 Å². The second-order valence-corrected chi connectivity index (χ2v) is 12.6.